The molecule has 0 aliphatic carbocycles. The first-order chi connectivity index (χ1) is 16.0. The minimum atomic E-state index is -0.00233. The third-order valence-corrected chi connectivity index (χ3v) is 7.95. The number of hydrogen-bond donors (Lipinski definition) is 2. The molecule has 178 valence electrons. The maximum Gasteiger partial charge on any atom is 0.263 e. The maximum absolute atomic E-state index is 13.1. The van der Waals surface area contributed by atoms with Crippen LogP contribution in [0.5, 0.6) is 0 Å². The van der Waals surface area contributed by atoms with Gasteiger partial charge in [0.25, 0.3) is 5.91 Å². The lowest BCUT2D eigenvalue weighted by Crippen LogP contribution is -2.41. The highest BCUT2D eigenvalue weighted by molar-refractivity contribution is 7.17. The molecule has 0 radical (unpaired) electrons. The number of nitrogens with one attached hydrogen (secondary N) is 2. The van der Waals surface area contributed by atoms with Crippen LogP contribution in [0.2, 0.25) is 0 Å². The molecule has 1 aliphatic heterocycles. The Hall–Kier alpha value is -2.38. The molecule has 4 rings (SSSR count). The van der Waals surface area contributed by atoms with Crippen LogP contribution in [0.1, 0.15) is 61.2 Å². The summed E-state index contributed by atoms with van der Waals surface area (Å²) in [5.74, 6) is -0.00233. The van der Waals surface area contributed by atoms with Crippen molar-refractivity contribution in [3.8, 4) is 0 Å². The first kappa shape index (κ1) is 23.8. The zero-order valence-electron chi connectivity index (χ0n) is 20.1. The molecule has 1 fully saturated rings. The molecular formula is C26H37N5OS. The minimum absolute atomic E-state index is 0.00233. The second-order valence-electron chi connectivity index (χ2n) is 9.34. The largest absolute Gasteiger partial charge is 0.361 e. The van der Waals surface area contributed by atoms with Crippen LogP contribution >= 0.6 is 11.3 Å². The van der Waals surface area contributed by atoms with E-state index in [2.05, 4.69) is 70.4 Å². The van der Waals surface area contributed by atoms with Crippen molar-refractivity contribution >= 4 is 33.3 Å². The van der Waals surface area contributed by atoms with E-state index < -0.39 is 0 Å². The van der Waals surface area contributed by atoms with Crippen molar-refractivity contribution in [1.82, 2.24) is 20.2 Å². The molecule has 2 unspecified atom stereocenters. The normalized spacial score (nSPS) is 18.8. The van der Waals surface area contributed by atoms with Gasteiger partial charge in [0.2, 0.25) is 0 Å². The molecule has 7 heteroatoms. The summed E-state index contributed by atoms with van der Waals surface area (Å²) in [6, 6.07) is 9.10. The van der Waals surface area contributed by atoms with Crippen molar-refractivity contribution in [3.63, 3.8) is 0 Å². The van der Waals surface area contributed by atoms with Crippen molar-refractivity contribution in [2.75, 3.05) is 31.6 Å². The van der Waals surface area contributed by atoms with E-state index in [1.807, 2.05) is 6.07 Å². The van der Waals surface area contributed by atoms with Gasteiger partial charge in [-0.3, -0.25) is 4.79 Å². The molecule has 2 N–H and O–H groups in total. The van der Waals surface area contributed by atoms with Gasteiger partial charge in [0.1, 0.15) is 4.88 Å². The second-order valence-corrected chi connectivity index (χ2v) is 10.4. The SMILES string of the molecule is CCCCC(Cc1c[nH]c2ccccc12)NC(=O)c1cnc(N2CCCC(C)N(C)CC2)s1. The van der Waals surface area contributed by atoms with Crippen LogP contribution < -0.4 is 10.2 Å². The van der Waals surface area contributed by atoms with E-state index in [-0.39, 0.29) is 11.9 Å². The van der Waals surface area contributed by atoms with Crippen LogP contribution in [0.15, 0.2) is 36.7 Å². The minimum Gasteiger partial charge on any atom is -0.361 e. The van der Waals surface area contributed by atoms with Crippen LogP contribution in [0, 0.1) is 0 Å². The van der Waals surface area contributed by atoms with E-state index in [0.29, 0.717) is 10.9 Å². The predicted molar refractivity (Wildman–Crippen MR) is 138 cm³/mol. The van der Waals surface area contributed by atoms with Gasteiger partial charge < -0.3 is 20.1 Å². The Bertz CT molecular complexity index is 1040. The number of anilines is 1. The summed E-state index contributed by atoms with van der Waals surface area (Å²) in [5, 5.41) is 5.52. The smallest absolute Gasteiger partial charge is 0.263 e. The number of amides is 1. The summed E-state index contributed by atoms with van der Waals surface area (Å²) in [6.07, 6.45) is 10.2. The molecule has 1 aliphatic rings. The zero-order chi connectivity index (χ0) is 23.2. The summed E-state index contributed by atoms with van der Waals surface area (Å²) >= 11 is 1.52. The fourth-order valence-electron chi connectivity index (χ4n) is 4.61. The van der Waals surface area contributed by atoms with Crippen LogP contribution in [-0.4, -0.2) is 59.5 Å². The molecule has 0 saturated carbocycles. The highest BCUT2D eigenvalue weighted by atomic mass is 32.1. The number of benzene rings is 1. The van der Waals surface area contributed by atoms with Crippen LogP contribution in [-0.2, 0) is 6.42 Å². The molecule has 2 aromatic heterocycles. The lowest BCUT2D eigenvalue weighted by atomic mass is 10.0. The fraction of sp³-hybridized carbons (Fsp3) is 0.538. The Labute approximate surface area is 201 Å². The van der Waals surface area contributed by atoms with Crippen LogP contribution in [0.4, 0.5) is 5.13 Å². The lowest BCUT2D eigenvalue weighted by molar-refractivity contribution is 0.0938. The average molecular weight is 468 g/mol. The van der Waals surface area contributed by atoms with Gasteiger partial charge in [-0.2, -0.15) is 0 Å². The first-order valence-corrected chi connectivity index (χ1v) is 13.1. The number of para-hydroxylation sites is 1. The predicted octanol–water partition coefficient (Wildman–Crippen LogP) is 5.08. The number of fused-ring (bicyclic) bond motifs is 1. The third-order valence-electron chi connectivity index (χ3n) is 6.90. The zero-order valence-corrected chi connectivity index (χ0v) is 21.0. The number of carbonyl (C=O) groups excluding carboxylic acids is 1. The number of rotatable bonds is 8. The molecule has 3 aromatic rings. The first-order valence-electron chi connectivity index (χ1n) is 12.3. The van der Waals surface area contributed by atoms with Crippen molar-refractivity contribution in [2.45, 2.75) is 64.5 Å². The van der Waals surface area contributed by atoms with Gasteiger partial charge in [0, 0.05) is 48.8 Å². The standard InChI is InChI=1S/C26H37N5OS/c1-4-5-10-21(16-20-17-27-23-12-7-6-11-22(20)23)29-25(32)24-18-28-26(33-24)31-13-8-9-19(2)30(3)14-15-31/h6-7,11-12,17-19,21,27H,4-5,8-10,13-16H2,1-3H3,(H,29,32). The Morgan fingerprint density at radius 1 is 1.30 bits per heavy atom. The summed E-state index contributed by atoms with van der Waals surface area (Å²) in [6.45, 7) is 7.47. The van der Waals surface area contributed by atoms with Gasteiger partial charge in [-0.1, -0.05) is 49.3 Å². The highest BCUT2D eigenvalue weighted by Crippen LogP contribution is 2.25. The molecule has 6 nitrogen and oxygen atoms in total. The van der Waals surface area contributed by atoms with Crippen molar-refractivity contribution < 1.29 is 4.79 Å². The fourth-order valence-corrected chi connectivity index (χ4v) is 5.49. The number of thiazole rings is 1. The van der Waals surface area contributed by atoms with Gasteiger partial charge in [-0.05, 0) is 51.3 Å². The van der Waals surface area contributed by atoms with Crippen LogP contribution in [0.3, 0.4) is 0 Å². The summed E-state index contributed by atoms with van der Waals surface area (Å²) < 4.78 is 0. The molecule has 1 saturated heterocycles. The van der Waals surface area contributed by atoms with Crippen molar-refractivity contribution in [3.05, 3.63) is 47.1 Å². The number of unbranched alkanes of at least 4 members (excludes halogenated alkanes) is 1. The van der Waals surface area contributed by atoms with Crippen molar-refractivity contribution in [1.29, 1.82) is 0 Å². The molecule has 33 heavy (non-hydrogen) atoms. The number of likely N-dealkylation sites (N-methyl/N-ethyl adjacent to an activating group) is 1. The highest BCUT2D eigenvalue weighted by Gasteiger charge is 2.21. The Balaban J connectivity index is 1.42. The maximum atomic E-state index is 13.1. The molecule has 1 aromatic carbocycles. The van der Waals surface area contributed by atoms with Crippen LogP contribution in [0.25, 0.3) is 10.9 Å². The monoisotopic (exact) mass is 467 g/mol. The van der Waals surface area contributed by atoms with E-state index in [1.165, 1.54) is 28.7 Å². The molecular weight excluding hydrogens is 430 g/mol. The average Bonchev–Trinajstić information content (AvgIpc) is 3.46. The van der Waals surface area contributed by atoms with E-state index >= 15 is 0 Å². The topological polar surface area (TPSA) is 64.3 Å². The van der Waals surface area contributed by atoms with E-state index in [9.17, 15) is 4.79 Å². The lowest BCUT2D eigenvalue weighted by Gasteiger charge is -2.32. The molecule has 0 spiro atoms. The van der Waals surface area contributed by atoms with Gasteiger partial charge in [-0.25, -0.2) is 4.98 Å². The summed E-state index contributed by atoms with van der Waals surface area (Å²) in [5.41, 5.74) is 2.41. The molecule has 1 amide bonds. The quantitative estimate of drug-likeness (QED) is 0.485. The van der Waals surface area contributed by atoms with Gasteiger partial charge in [0.15, 0.2) is 5.13 Å². The van der Waals surface area contributed by atoms with E-state index in [0.717, 1.165) is 62.4 Å². The number of aromatic nitrogens is 2. The number of H-pyrrole nitrogens is 1. The summed E-state index contributed by atoms with van der Waals surface area (Å²) in [7, 11) is 2.19. The van der Waals surface area contributed by atoms with Gasteiger partial charge in [-0.15, -0.1) is 0 Å². The van der Waals surface area contributed by atoms with Crippen molar-refractivity contribution in [2.24, 2.45) is 0 Å². The third kappa shape index (κ3) is 5.95. The van der Waals surface area contributed by atoms with Gasteiger partial charge in [0.05, 0.1) is 6.20 Å². The molecule has 2 atom stereocenters. The summed E-state index contributed by atoms with van der Waals surface area (Å²) in [4.78, 5) is 26.6. The van der Waals surface area contributed by atoms with E-state index in [4.69, 9.17) is 0 Å². The number of hydrogen-bond acceptors (Lipinski definition) is 5. The Morgan fingerprint density at radius 3 is 3.00 bits per heavy atom. The molecule has 0 bridgehead atoms. The number of nitrogens with zero attached hydrogens (tertiary/aromatic N) is 3. The number of aromatic amines is 1. The molecule has 3 heterocycles. The second kappa shape index (κ2) is 11.2. The Morgan fingerprint density at radius 2 is 2.15 bits per heavy atom. The number of carbonyl (C=O) groups is 1. The Kier molecular flexibility index (Phi) is 8.04. The van der Waals surface area contributed by atoms with E-state index in [1.54, 1.807) is 6.20 Å². The van der Waals surface area contributed by atoms with Gasteiger partial charge >= 0.3 is 0 Å².